The maximum atomic E-state index is 5.75. The van der Waals surface area contributed by atoms with Crippen molar-refractivity contribution in [2.75, 3.05) is 26.2 Å². The highest BCUT2D eigenvalue weighted by Gasteiger charge is 2.31. The van der Waals surface area contributed by atoms with Gasteiger partial charge in [0.1, 0.15) is 12.4 Å². The molecule has 2 fully saturated rings. The van der Waals surface area contributed by atoms with Gasteiger partial charge in [-0.05, 0) is 39.5 Å². The van der Waals surface area contributed by atoms with Crippen LogP contribution in [-0.2, 0) is 18.3 Å². The van der Waals surface area contributed by atoms with Crippen molar-refractivity contribution < 1.29 is 4.74 Å². The maximum absolute atomic E-state index is 5.75. The molecule has 3 heterocycles. The molecule has 0 aliphatic carbocycles. The number of aryl methyl sites for hydroxylation is 1. The molecule has 2 N–H and O–H groups in total. The van der Waals surface area contributed by atoms with E-state index in [0.29, 0.717) is 24.5 Å². The van der Waals surface area contributed by atoms with E-state index >= 15 is 0 Å². The zero-order valence-corrected chi connectivity index (χ0v) is 20.1. The number of halogens is 1. The van der Waals surface area contributed by atoms with Gasteiger partial charge in [-0.1, -0.05) is 6.92 Å². The Kier molecular flexibility index (Phi) is 8.94. The molecule has 0 saturated carbocycles. The number of hydrogen-bond acceptors (Lipinski definition) is 5. The molecule has 0 radical (unpaired) electrons. The Morgan fingerprint density at radius 3 is 2.68 bits per heavy atom. The maximum Gasteiger partial charge on any atom is 0.192 e. The van der Waals surface area contributed by atoms with Gasteiger partial charge in [0, 0.05) is 45.4 Å². The first-order valence-corrected chi connectivity index (χ1v) is 10.2. The minimum absolute atomic E-state index is 0. The molecule has 2 saturated heterocycles. The number of guanidine groups is 1. The van der Waals surface area contributed by atoms with E-state index in [4.69, 9.17) is 9.73 Å². The van der Waals surface area contributed by atoms with Crippen molar-refractivity contribution in [1.29, 1.82) is 0 Å². The number of aliphatic imine (C=N–C) groups is 1. The van der Waals surface area contributed by atoms with Gasteiger partial charge < -0.3 is 19.9 Å². The van der Waals surface area contributed by atoms with Gasteiger partial charge in [-0.2, -0.15) is 0 Å². The summed E-state index contributed by atoms with van der Waals surface area (Å²) in [6, 6.07) is 0.963. The number of rotatable bonds is 6. The summed E-state index contributed by atoms with van der Waals surface area (Å²) in [7, 11) is 1.98. The van der Waals surface area contributed by atoms with Crippen LogP contribution in [0.2, 0.25) is 0 Å². The summed E-state index contributed by atoms with van der Waals surface area (Å²) in [6.07, 6.45) is 2.54. The summed E-state index contributed by atoms with van der Waals surface area (Å²) in [5.74, 6) is 3.20. The molecule has 28 heavy (non-hydrogen) atoms. The van der Waals surface area contributed by atoms with Gasteiger partial charge >= 0.3 is 0 Å². The highest BCUT2D eigenvalue weighted by molar-refractivity contribution is 14.0. The lowest BCUT2D eigenvalue weighted by Gasteiger charge is -2.23. The standard InChI is InChI=1S/C19H35N7O.HI/c1-13(2)26-11-14(3)17(12-26)22-19(20-9-16-7-6-8-27-16)21-10-18-24-23-15(4)25(18)5;/h13-14,16-17H,6-12H2,1-5H3,(H2,20,21,22);1H. The molecule has 3 rings (SSSR count). The largest absolute Gasteiger partial charge is 0.376 e. The molecular weight excluding hydrogens is 469 g/mol. The molecule has 1 aromatic rings. The first-order chi connectivity index (χ1) is 12.9. The van der Waals surface area contributed by atoms with Crippen molar-refractivity contribution in [3.63, 3.8) is 0 Å². The summed E-state index contributed by atoms with van der Waals surface area (Å²) >= 11 is 0. The topological polar surface area (TPSA) is 79.6 Å². The number of ether oxygens (including phenoxy) is 1. The van der Waals surface area contributed by atoms with Crippen molar-refractivity contribution in [2.45, 2.75) is 65.3 Å². The van der Waals surface area contributed by atoms with Crippen LogP contribution in [-0.4, -0.2) is 70.1 Å². The third-order valence-corrected chi connectivity index (χ3v) is 5.78. The molecule has 2 aliphatic rings. The second kappa shape index (κ2) is 10.7. The summed E-state index contributed by atoms with van der Waals surface area (Å²) in [5, 5.41) is 15.5. The minimum atomic E-state index is 0. The first kappa shape index (κ1) is 23.3. The molecule has 8 nitrogen and oxygen atoms in total. The average Bonchev–Trinajstić information content (AvgIpc) is 3.34. The van der Waals surface area contributed by atoms with Crippen LogP contribution in [0.5, 0.6) is 0 Å². The van der Waals surface area contributed by atoms with E-state index in [1.165, 1.54) is 0 Å². The van der Waals surface area contributed by atoms with Crippen LogP contribution < -0.4 is 10.6 Å². The van der Waals surface area contributed by atoms with Crippen molar-refractivity contribution >= 4 is 29.9 Å². The first-order valence-electron chi connectivity index (χ1n) is 10.2. The Bertz CT molecular complexity index is 642. The highest BCUT2D eigenvalue weighted by atomic mass is 127. The number of nitrogens with one attached hydrogen (secondary N) is 2. The number of nitrogens with zero attached hydrogens (tertiary/aromatic N) is 5. The Morgan fingerprint density at radius 2 is 2.11 bits per heavy atom. The van der Waals surface area contributed by atoms with Crippen molar-refractivity contribution in [3.8, 4) is 0 Å². The molecule has 0 amide bonds. The Morgan fingerprint density at radius 1 is 1.32 bits per heavy atom. The lowest BCUT2D eigenvalue weighted by molar-refractivity contribution is 0.113. The molecule has 0 bridgehead atoms. The SMILES string of the molecule is Cc1nnc(CN=C(NCC2CCCO2)NC2CN(C(C)C)CC2C)n1C.I. The number of likely N-dealkylation sites (tertiary alicyclic amines) is 1. The molecule has 0 spiro atoms. The summed E-state index contributed by atoms with van der Waals surface area (Å²) in [5.41, 5.74) is 0. The lowest BCUT2D eigenvalue weighted by Crippen LogP contribution is -2.48. The quantitative estimate of drug-likeness (QED) is 0.348. The van der Waals surface area contributed by atoms with E-state index in [0.717, 1.165) is 56.7 Å². The fourth-order valence-corrected chi connectivity index (χ4v) is 3.70. The second-order valence-electron chi connectivity index (χ2n) is 8.18. The Balaban J connectivity index is 0.00000280. The zero-order chi connectivity index (χ0) is 19.4. The minimum Gasteiger partial charge on any atom is -0.376 e. The van der Waals surface area contributed by atoms with Gasteiger partial charge in [0.15, 0.2) is 11.8 Å². The van der Waals surface area contributed by atoms with Gasteiger partial charge in [0.2, 0.25) is 0 Å². The summed E-state index contributed by atoms with van der Waals surface area (Å²) < 4.78 is 7.73. The fourth-order valence-electron chi connectivity index (χ4n) is 3.70. The van der Waals surface area contributed by atoms with Crippen LogP contribution in [0.4, 0.5) is 0 Å². The molecule has 1 aromatic heterocycles. The predicted octanol–water partition coefficient (Wildman–Crippen LogP) is 1.68. The zero-order valence-electron chi connectivity index (χ0n) is 17.8. The van der Waals surface area contributed by atoms with Crippen LogP contribution in [0.25, 0.3) is 0 Å². The smallest absolute Gasteiger partial charge is 0.192 e. The average molecular weight is 505 g/mol. The van der Waals surface area contributed by atoms with E-state index in [9.17, 15) is 0 Å². The van der Waals surface area contributed by atoms with Crippen molar-refractivity contribution in [1.82, 2.24) is 30.3 Å². The second-order valence-corrected chi connectivity index (χ2v) is 8.18. The van der Waals surface area contributed by atoms with Crippen LogP contribution >= 0.6 is 24.0 Å². The van der Waals surface area contributed by atoms with Crippen LogP contribution in [0.1, 0.15) is 45.3 Å². The third-order valence-electron chi connectivity index (χ3n) is 5.78. The van der Waals surface area contributed by atoms with E-state index in [1.807, 2.05) is 18.5 Å². The van der Waals surface area contributed by atoms with Crippen LogP contribution in [0.3, 0.4) is 0 Å². The van der Waals surface area contributed by atoms with Crippen LogP contribution in [0, 0.1) is 12.8 Å². The fraction of sp³-hybridized carbons (Fsp3) is 0.842. The molecule has 3 atom stereocenters. The van der Waals surface area contributed by atoms with E-state index in [1.54, 1.807) is 0 Å². The Labute approximate surface area is 185 Å². The highest BCUT2D eigenvalue weighted by Crippen LogP contribution is 2.18. The molecule has 2 aliphatic heterocycles. The number of aromatic nitrogens is 3. The third kappa shape index (κ3) is 6.03. The van der Waals surface area contributed by atoms with E-state index < -0.39 is 0 Å². The van der Waals surface area contributed by atoms with Crippen molar-refractivity contribution in [3.05, 3.63) is 11.6 Å². The summed E-state index contributed by atoms with van der Waals surface area (Å²) in [6.45, 7) is 13.1. The predicted molar refractivity (Wildman–Crippen MR) is 122 cm³/mol. The van der Waals surface area contributed by atoms with E-state index in [-0.39, 0.29) is 30.1 Å². The van der Waals surface area contributed by atoms with Gasteiger partial charge in [-0.15, -0.1) is 34.2 Å². The number of hydrogen-bond donors (Lipinski definition) is 2. The van der Waals surface area contributed by atoms with Crippen molar-refractivity contribution in [2.24, 2.45) is 18.0 Å². The molecule has 3 unspecified atom stereocenters. The van der Waals surface area contributed by atoms with Gasteiger partial charge in [-0.3, -0.25) is 4.90 Å². The monoisotopic (exact) mass is 505 g/mol. The van der Waals surface area contributed by atoms with E-state index in [2.05, 4.69) is 46.5 Å². The summed E-state index contributed by atoms with van der Waals surface area (Å²) in [4.78, 5) is 7.31. The molecule has 9 heteroatoms. The lowest BCUT2D eigenvalue weighted by atomic mass is 10.1. The van der Waals surface area contributed by atoms with Gasteiger partial charge in [0.05, 0.1) is 6.10 Å². The molecule has 0 aromatic carbocycles. The van der Waals surface area contributed by atoms with Crippen LogP contribution in [0.15, 0.2) is 4.99 Å². The normalized spacial score (nSPS) is 25.9. The Hall–Kier alpha value is -0.940. The van der Waals surface area contributed by atoms with Gasteiger partial charge in [0.25, 0.3) is 0 Å². The molecular formula is C19H36IN7O. The molecule has 160 valence electrons. The van der Waals surface area contributed by atoms with Gasteiger partial charge in [-0.25, -0.2) is 4.99 Å².